The molecule has 4 aromatic rings. The third-order valence-corrected chi connectivity index (χ3v) is 4.54. The zero-order valence-corrected chi connectivity index (χ0v) is 12.6. The molecule has 4 aromatic heterocycles. The van der Waals surface area contributed by atoms with E-state index < -0.39 is 0 Å². The molecule has 0 fully saturated rings. The smallest absolute Gasteiger partial charge is 0.369 e. The molecule has 0 saturated carbocycles. The Hall–Kier alpha value is -2.59. The van der Waals surface area contributed by atoms with Gasteiger partial charge in [-0.1, -0.05) is 6.07 Å². The van der Waals surface area contributed by atoms with Crippen LogP contribution in [0.25, 0.3) is 15.8 Å². The number of hydrogen-bond donors (Lipinski definition) is 0. The van der Waals surface area contributed by atoms with Crippen LogP contribution in [0.1, 0.15) is 5.89 Å². The normalized spacial score (nSPS) is 11.1. The summed E-state index contributed by atoms with van der Waals surface area (Å²) in [6, 6.07) is 7.44. The molecule has 0 N–H and O–H groups in total. The zero-order chi connectivity index (χ0) is 14.9. The Morgan fingerprint density at radius 1 is 1.09 bits per heavy atom. The minimum atomic E-state index is -0.349. The van der Waals surface area contributed by atoms with E-state index >= 15 is 0 Å². The molecule has 110 valence electrons. The highest BCUT2D eigenvalue weighted by atomic mass is 32.1. The fraction of sp³-hybridized carbons (Fsp3) is 0.0833. The molecule has 0 amide bonds. The van der Waals surface area contributed by atoms with E-state index in [-0.39, 0.29) is 12.2 Å². The van der Waals surface area contributed by atoms with Crippen molar-refractivity contribution in [2.75, 3.05) is 0 Å². The van der Waals surface area contributed by atoms with Gasteiger partial charge in [0.15, 0.2) is 0 Å². The molecule has 0 aromatic carbocycles. The molecule has 0 radical (unpaired) electrons. The summed E-state index contributed by atoms with van der Waals surface area (Å²) in [6.07, 6.45) is 0. The number of tetrazole rings is 1. The Labute approximate surface area is 131 Å². The van der Waals surface area contributed by atoms with Crippen LogP contribution in [-0.2, 0) is 6.54 Å². The van der Waals surface area contributed by atoms with Crippen molar-refractivity contribution in [2.45, 2.75) is 6.54 Å². The highest BCUT2D eigenvalue weighted by molar-refractivity contribution is 7.13. The molecule has 0 spiro atoms. The van der Waals surface area contributed by atoms with Crippen molar-refractivity contribution in [3.8, 4) is 15.8 Å². The van der Waals surface area contributed by atoms with Gasteiger partial charge in [-0.05, 0) is 39.4 Å². The number of rotatable bonds is 4. The van der Waals surface area contributed by atoms with E-state index in [9.17, 15) is 4.79 Å². The molecular weight excluding hydrogens is 324 g/mol. The SMILES string of the molecule is O=c1n(Cc2nnc(-c3cccs3)o2)nnn1-c1cccs1. The van der Waals surface area contributed by atoms with Gasteiger partial charge in [0.05, 0.1) is 4.88 Å². The van der Waals surface area contributed by atoms with E-state index in [0.29, 0.717) is 16.8 Å². The summed E-state index contributed by atoms with van der Waals surface area (Å²) in [5.74, 6) is 0.743. The van der Waals surface area contributed by atoms with Crippen molar-refractivity contribution in [1.29, 1.82) is 0 Å². The second kappa shape index (κ2) is 5.31. The van der Waals surface area contributed by atoms with Crippen LogP contribution in [0.4, 0.5) is 0 Å². The van der Waals surface area contributed by atoms with Gasteiger partial charge in [-0.25, -0.2) is 4.79 Å². The highest BCUT2D eigenvalue weighted by Gasteiger charge is 2.14. The lowest BCUT2D eigenvalue weighted by molar-refractivity contribution is 0.465. The van der Waals surface area contributed by atoms with Gasteiger partial charge in [-0.2, -0.15) is 9.36 Å². The highest BCUT2D eigenvalue weighted by Crippen LogP contribution is 2.22. The molecule has 22 heavy (non-hydrogen) atoms. The van der Waals surface area contributed by atoms with Gasteiger partial charge in [0.2, 0.25) is 5.89 Å². The number of thiophene rings is 2. The molecule has 0 unspecified atom stereocenters. The molecule has 8 nitrogen and oxygen atoms in total. The average Bonchev–Trinajstić information content (AvgIpc) is 3.27. The Balaban J connectivity index is 1.61. The third kappa shape index (κ3) is 2.27. The maximum Gasteiger partial charge on any atom is 0.369 e. The predicted molar refractivity (Wildman–Crippen MR) is 80.2 cm³/mol. The van der Waals surface area contributed by atoms with Crippen molar-refractivity contribution in [3.05, 3.63) is 51.4 Å². The van der Waals surface area contributed by atoms with Crippen molar-refractivity contribution in [3.63, 3.8) is 0 Å². The van der Waals surface area contributed by atoms with E-state index in [4.69, 9.17) is 4.42 Å². The minimum absolute atomic E-state index is 0.0859. The van der Waals surface area contributed by atoms with E-state index in [1.54, 1.807) is 6.07 Å². The lowest BCUT2D eigenvalue weighted by Crippen LogP contribution is -2.24. The summed E-state index contributed by atoms with van der Waals surface area (Å²) in [4.78, 5) is 13.1. The fourth-order valence-corrected chi connectivity index (χ4v) is 3.16. The van der Waals surface area contributed by atoms with Crippen LogP contribution in [0.15, 0.2) is 44.2 Å². The van der Waals surface area contributed by atoms with Gasteiger partial charge < -0.3 is 4.42 Å². The maximum absolute atomic E-state index is 12.2. The summed E-state index contributed by atoms with van der Waals surface area (Å²) in [5, 5.41) is 20.1. The van der Waals surface area contributed by atoms with Gasteiger partial charge in [0.1, 0.15) is 11.5 Å². The van der Waals surface area contributed by atoms with Crippen LogP contribution in [0.3, 0.4) is 0 Å². The maximum atomic E-state index is 12.2. The molecule has 0 bridgehead atoms. The average molecular weight is 332 g/mol. The largest absolute Gasteiger partial charge is 0.418 e. The van der Waals surface area contributed by atoms with Crippen LogP contribution in [0.5, 0.6) is 0 Å². The monoisotopic (exact) mass is 332 g/mol. The van der Waals surface area contributed by atoms with Gasteiger partial charge in [-0.15, -0.1) is 32.9 Å². The molecule has 0 aliphatic heterocycles. The van der Waals surface area contributed by atoms with Crippen molar-refractivity contribution in [2.24, 2.45) is 0 Å². The summed E-state index contributed by atoms with van der Waals surface area (Å²) in [6.45, 7) is 0.0859. The van der Waals surface area contributed by atoms with E-state index in [1.807, 2.05) is 29.0 Å². The van der Waals surface area contributed by atoms with Gasteiger partial charge in [0, 0.05) is 0 Å². The van der Waals surface area contributed by atoms with Crippen LogP contribution in [0, 0.1) is 0 Å². The fourth-order valence-electron chi connectivity index (χ4n) is 1.85. The molecule has 4 heterocycles. The minimum Gasteiger partial charge on any atom is -0.418 e. The number of nitrogens with zero attached hydrogens (tertiary/aromatic N) is 6. The Bertz CT molecular complexity index is 935. The standard InChI is InChI=1S/C12H8N6O2S2/c19-12-17(15-16-18(12)10-4-2-6-22-10)7-9-13-14-11(20-9)8-3-1-5-21-8/h1-6H,7H2. The van der Waals surface area contributed by atoms with Crippen LogP contribution in [0.2, 0.25) is 0 Å². The third-order valence-electron chi connectivity index (χ3n) is 2.84. The lowest BCUT2D eigenvalue weighted by Gasteiger charge is -1.92. The number of hydrogen-bond acceptors (Lipinski definition) is 8. The van der Waals surface area contributed by atoms with Crippen molar-refractivity contribution >= 4 is 22.7 Å². The molecule has 0 aliphatic carbocycles. The first-order valence-corrected chi connectivity index (χ1v) is 8.00. The first-order valence-electron chi connectivity index (χ1n) is 6.24. The van der Waals surface area contributed by atoms with Gasteiger partial charge >= 0.3 is 5.69 Å². The Kier molecular flexibility index (Phi) is 3.16. The number of aromatic nitrogens is 6. The predicted octanol–water partition coefficient (Wildman–Crippen LogP) is 1.65. The second-order valence-corrected chi connectivity index (χ2v) is 6.13. The second-order valence-electron chi connectivity index (χ2n) is 4.26. The lowest BCUT2D eigenvalue weighted by atomic mass is 10.5. The van der Waals surface area contributed by atoms with Crippen molar-refractivity contribution in [1.82, 2.24) is 30.0 Å². The van der Waals surface area contributed by atoms with Crippen LogP contribution in [-0.4, -0.2) is 30.0 Å². The van der Waals surface area contributed by atoms with Crippen molar-refractivity contribution < 1.29 is 4.42 Å². The van der Waals surface area contributed by atoms with E-state index in [1.165, 1.54) is 32.0 Å². The molecule has 4 rings (SSSR count). The quantitative estimate of drug-likeness (QED) is 0.564. The first-order chi connectivity index (χ1) is 10.8. The molecule has 0 atom stereocenters. The zero-order valence-electron chi connectivity index (χ0n) is 11.0. The topological polar surface area (TPSA) is 91.6 Å². The van der Waals surface area contributed by atoms with Crippen LogP contribution < -0.4 is 5.69 Å². The molecular formula is C12H8N6O2S2. The summed E-state index contributed by atoms with van der Waals surface area (Å²) >= 11 is 2.91. The Morgan fingerprint density at radius 3 is 2.73 bits per heavy atom. The van der Waals surface area contributed by atoms with E-state index in [2.05, 4.69) is 20.6 Å². The molecule has 10 heteroatoms. The molecule has 0 aliphatic rings. The summed E-state index contributed by atoms with van der Waals surface area (Å²) in [5.41, 5.74) is -0.349. The molecule has 0 saturated heterocycles. The summed E-state index contributed by atoms with van der Waals surface area (Å²) in [7, 11) is 0. The van der Waals surface area contributed by atoms with Crippen LogP contribution >= 0.6 is 22.7 Å². The summed E-state index contributed by atoms with van der Waals surface area (Å²) < 4.78 is 7.96. The first kappa shape index (κ1) is 13.1. The van der Waals surface area contributed by atoms with Gasteiger partial charge in [-0.3, -0.25) is 0 Å². The van der Waals surface area contributed by atoms with E-state index in [0.717, 1.165) is 4.88 Å². The Morgan fingerprint density at radius 2 is 1.95 bits per heavy atom. The van der Waals surface area contributed by atoms with Gasteiger partial charge in [0.25, 0.3) is 5.89 Å².